The van der Waals surface area contributed by atoms with Gasteiger partial charge in [-0.2, -0.15) is 5.10 Å². The largest absolute Gasteiger partial charge is 0.338 e. The summed E-state index contributed by atoms with van der Waals surface area (Å²) in [7, 11) is -3.28. The first-order valence-electron chi connectivity index (χ1n) is 9.62. The molecule has 4 aromatic rings. The summed E-state index contributed by atoms with van der Waals surface area (Å²) in [5.74, 6) is 0. The Kier molecular flexibility index (Phi) is 6.01. The molecule has 160 valence electrons. The molecule has 0 saturated carbocycles. The van der Waals surface area contributed by atoms with Gasteiger partial charge in [0.05, 0.1) is 15.1 Å². The van der Waals surface area contributed by atoms with Gasteiger partial charge >= 0.3 is 6.03 Å². The first-order valence-corrected chi connectivity index (χ1v) is 12.3. The number of hydrogen-bond acceptors (Lipinski definition) is 6. The molecule has 0 aliphatic heterocycles. The summed E-state index contributed by atoms with van der Waals surface area (Å²) in [4.78, 5) is 16.9. The molecule has 8 nitrogen and oxygen atoms in total. The van der Waals surface area contributed by atoms with Gasteiger partial charge in [0.1, 0.15) is 0 Å². The number of carbonyl (C=O) groups excluding carboxylic acids is 1. The van der Waals surface area contributed by atoms with Crippen LogP contribution in [0.1, 0.15) is 6.42 Å². The quantitative estimate of drug-likeness (QED) is 0.413. The average molecular weight is 456 g/mol. The molecule has 0 spiro atoms. The van der Waals surface area contributed by atoms with Crippen LogP contribution in [0.15, 0.2) is 65.8 Å². The van der Waals surface area contributed by atoms with Crippen molar-refractivity contribution < 1.29 is 13.2 Å². The molecule has 2 aromatic carbocycles. The molecule has 0 unspecified atom stereocenters. The number of sulfone groups is 1. The van der Waals surface area contributed by atoms with Gasteiger partial charge in [-0.15, -0.1) is 0 Å². The van der Waals surface area contributed by atoms with Gasteiger partial charge in [0.25, 0.3) is 0 Å². The normalized spacial score (nSPS) is 11.5. The Balaban J connectivity index is 1.41. The van der Waals surface area contributed by atoms with Crippen LogP contribution in [-0.2, 0) is 16.4 Å². The van der Waals surface area contributed by atoms with E-state index in [2.05, 4.69) is 20.7 Å². The number of urea groups is 1. The van der Waals surface area contributed by atoms with Crippen molar-refractivity contribution >= 4 is 42.6 Å². The smallest absolute Gasteiger partial charge is 0.321 e. The Labute approximate surface area is 183 Å². The Morgan fingerprint density at radius 1 is 1.13 bits per heavy atom. The zero-order valence-corrected chi connectivity index (χ0v) is 18.4. The number of benzene rings is 2. The first kappa shape index (κ1) is 21.0. The van der Waals surface area contributed by atoms with Gasteiger partial charge < -0.3 is 5.32 Å². The van der Waals surface area contributed by atoms with E-state index in [1.807, 2.05) is 41.2 Å². The molecule has 0 fully saturated rings. The van der Waals surface area contributed by atoms with E-state index in [4.69, 9.17) is 0 Å². The minimum absolute atomic E-state index is 0.279. The van der Waals surface area contributed by atoms with Crippen LogP contribution in [0.5, 0.6) is 0 Å². The first-order chi connectivity index (χ1) is 14.9. The van der Waals surface area contributed by atoms with Crippen LogP contribution in [0.3, 0.4) is 0 Å². The Morgan fingerprint density at radius 2 is 1.97 bits per heavy atom. The lowest BCUT2D eigenvalue weighted by Gasteiger charge is -2.05. The standard InChI is InChI=1S/C21H21N5O3S2/c1-31(28,29)17-6-2-5-15(13-17)16-7-8-18-19(14-16)30-21(24-18)25-20(27)22-9-3-11-26-12-4-10-23-26/h2,4-8,10,12-14H,3,9,11H2,1H3,(H2,22,24,25,27). The van der Waals surface area contributed by atoms with E-state index < -0.39 is 9.84 Å². The second kappa shape index (κ2) is 8.86. The Bertz CT molecular complexity index is 1310. The van der Waals surface area contributed by atoms with Gasteiger partial charge in [-0.25, -0.2) is 18.2 Å². The van der Waals surface area contributed by atoms with Crippen LogP contribution >= 0.6 is 11.3 Å². The van der Waals surface area contributed by atoms with Gasteiger partial charge in [-0.05, 0) is 47.9 Å². The summed E-state index contributed by atoms with van der Waals surface area (Å²) in [6, 6.07) is 14.1. The van der Waals surface area contributed by atoms with Crippen molar-refractivity contribution in [3.8, 4) is 11.1 Å². The van der Waals surface area contributed by atoms with E-state index in [9.17, 15) is 13.2 Å². The molecule has 0 bridgehead atoms. The zero-order valence-electron chi connectivity index (χ0n) is 16.8. The molecule has 0 radical (unpaired) electrons. The van der Waals surface area contributed by atoms with Gasteiger partial charge in [-0.3, -0.25) is 10.00 Å². The molecule has 10 heteroatoms. The second-order valence-corrected chi connectivity index (χ2v) is 10.1. The minimum atomic E-state index is -3.28. The Morgan fingerprint density at radius 3 is 2.74 bits per heavy atom. The number of nitrogens with one attached hydrogen (secondary N) is 2. The number of aromatic nitrogens is 3. The number of thiazole rings is 1. The van der Waals surface area contributed by atoms with Crippen LogP contribution in [0.4, 0.5) is 9.93 Å². The minimum Gasteiger partial charge on any atom is -0.338 e. The van der Waals surface area contributed by atoms with Crippen LogP contribution in [0, 0.1) is 0 Å². The summed E-state index contributed by atoms with van der Waals surface area (Å²) in [5, 5.41) is 10.2. The number of rotatable bonds is 7. The lowest BCUT2D eigenvalue weighted by molar-refractivity contribution is 0.251. The van der Waals surface area contributed by atoms with E-state index in [-0.39, 0.29) is 10.9 Å². The molecular formula is C21H21N5O3S2. The van der Waals surface area contributed by atoms with Crippen molar-refractivity contribution in [3.63, 3.8) is 0 Å². The van der Waals surface area contributed by atoms with Crippen LogP contribution in [-0.4, -0.2) is 42.0 Å². The van der Waals surface area contributed by atoms with E-state index in [0.717, 1.165) is 34.3 Å². The van der Waals surface area contributed by atoms with Crippen molar-refractivity contribution in [1.82, 2.24) is 20.1 Å². The van der Waals surface area contributed by atoms with Crippen molar-refractivity contribution in [2.75, 3.05) is 18.1 Å². The third kappa shape index (κ3) is 5.28. The number of carbonyl (C=O) groups is 1. The average Bonchev–Trinajstić information content (AvgIpc) is 3.39. The maximum atomic E-state index is 12.1. The monoisotopic (exact) mass is 455 g/mol. The maximum Gasteiger partial charge on any atom is 0.321 e. The number of hydrogen-bond donors (Lipinski definition) is 2. The molecule has 4 rings (SSSR count). The van der Waals surface area contributed by atoms with E-state index in [1.165, 1.54) is 17.6 Å². The number of amides is 2. The molecule has 0 aliphatic carbocycles. The van der Waals surface area contributed by atoms with Crippen molar-refractivity contribution in [1.29, 1.82) is 0 Å². The van der Waals surface area contributed by atoms with Gasteiger partial charge in [0.2, 0.25) is 0 Å². The van der Waals surface area contributed by atoms with E-state index in [1.54, 1.807) is 24.4 Å². The molecule has 2 heterocycles. The summed E-state index contributed by atoms with van der Waals surface area (Å²) >= 11 is 1.37. The predicted molar refractivity (Wildman–Crippen MR) is 122 cm³/mol. The number of fused-ring (bicyclic) bond motifs is 1. The van der Waals surface area contributed by atoms with Crippen molar-refractivity contribution in [3.05, 3.63) is 60.9 Å². The zero-order chi connectivity index (χ0) is 21.8. The molecule has 2 aromatic heterocycles. The predicted octanol–water partition coefficient (Wildman–Crippen LogP) is 3.78. The topological polar surface area (TPSA) is 106 Å². The summed E-state index contributed by atoms with van der Waals surface area (Å²) in [6.07, 6.45) is 5.57. The lowest BCUT2D eigenvalue weighted by Crippen LogP contribution is -2.30. The molecule has 0 aliphatic rings. The van der Waals surface area contributed by atoms with Crippen LogP contribution in [0.2, 0.25) is 0 Å². The molecule has 2 N–H and O–H groups in total. The van der Waals surface area contributed by atoms with Gasteiger partial charge in [0, 0.05) is 31.7 Å². The maximum absolute atomic E-state index is 12.1. The van der Waals surface area contributed by atoms with E-state index in [0.29, 0.717) is 11.7 Å². The van der Waals surface area contributed by atoms with Gasteiger partial charge in [-0.1, -0.05) is 29.5 Å². The highest BCUT2D eigenvalue weighted by Gasteiger charge is 2.11. The fourth-order valence-electron chi connectivity index (χ4n) is 3.08. The second-order valence-electron chi connectivity index (χ2n) is 7.01. The third-order valence-corrected chi connectivity index (χ3v) is 6.66. The summed E-state index contributed by atoms with van der Waals surface area (Å²) in [5.41, 5.74) is 2.46. The van der Waals surface area contributed by atoms with Crippen molar-refractivity contribution in [2.45, 2.75) is 17.9 Å². The molecule has 0 saturated heterocycles. The lowest BCUT2D eigenvalue weighted by atomic mass is 10.1. The number of nitrogens with zero attached hydrogens (tertiary/aromatic N) is 3. The molecule has 0 atom stereocenters. The fourth-order valence-corrected chi connectivity index (χ4v) is 4.65. The SMILES string of the molecule is CS(=O)(=O)c1cccc(-c2ccc3nc(NC(=O)NCCCn4cccn4)sc3c2)c1. The van der Waals surface area contributed by atoms with E-state index >= 15 is 0 Å². The summed E-state index contributed by atoms with van der Waals surface area (Å²) in [6.45, 7) is 1.26. The molecular weight excluding hydrogens is 434 g/mol. The molecule has 2 amide bonds. The Hall–Kier alpha value is -3.24. The third-order valence-electron chi connectivity index (χ3n) is 4.61. The van der Waals surface area contributed by atoms with Gasteiger partial charge in [0.15, 0.2) is 15.0 Å². The number of aryl methyl sites for hydroxylation is 1. The molecule has 31 heavy (non-hydrogen) atoms. The highest BCUT2D eigenvalue weighted by molar-refractivity contribution is 7.90. The fraction of sp³-hybridized carbons (Fsp3) is 0.190. The highest BCUT2D eigenvalue weighted by Crippen LogP contribution is 2.31. The van der Waals surface area contributed by atoms with Crippen LogP contribution in [0.25, 0.3) is 21.3 Å². The summed E-state index contributed by atoms with van der Waals surface area (Å²) < 4.78 is 26.4. The van der Waals surface area contributed by atoms with Crippen molar-refractivity contribution in [2.24, 2.45) is 0 Å². The number of anilines is 1. The van der Waals surface area contributed by atoms with Crippen LogP contribution < -0.4 is 10.6 Å². The highest BCUT2D eigenvalue weighted by atomic mass is 32.2.